The second-order valence-corrected chi connectivity index (χ2v) is 8.02. The lowest BCUT2D eigenvalue weighted by Crippen LogP contribution is -2.31. The first-order chi connectivity index (χ1) is 13.9. The van der Waals surface area contributed by atoms with Gasteiger partial charge in [-0.05, 0) is 30.3 Å². The van der Waals surface area contributed by atoms with E-state index in [4.69, 9.17) is 23.2 Å². The first-order valence-electron chi connectivity index (χ1n) is 8.48. The van der Waals surface area contributed by atoms with Crippen molar-refractivity contribution in [3.63, 3.8) is 0 Å². The molecule has 0 saturated carbocycles. The van der Waals surface area contributed by atoms with Crippen LogP contribution in [-0.4, -0.2) is 39.4 Å². The second kappa shape index (κ2) is 7.90. The maximum Gasteiger partial charge on any atom is 0.261 e. The normalized spacial score (nSPS) is 13.0. The van der Waals surface area contributed by atoms with Crippen LogP contribution in [0, 0.1) is 0 Å². The van der Waals surface area contributed by atoms with Crippen molar-refractivity contribution >= 4 is 57.4 Å². The molecular formula is C19H12Cl2N4O3S. The van der Waals surface area contributed by atoms with Crippen LogP contribution >= 0.6 is 34.5 Å². The summed E-state index contributed by atoms with van der Waals surface area (Å²) in [7, 11) is 0. The second-order valence-electron chi connectivity index (χ2n) is 6.14. The van der Waals surface area contributed by atoms with Crippen molar-refractivity contribution in [1.29, 1.82) is 0 Å². The van der Waals surface area contributed by atoms with Crippen LogP contribution in [0.1, 0.15) is 36.1 Å². The maximum absolute atomic E-state index is 12.4. The molecule has 0 saturated heterocycles. The highest BCUT2D eigenvalue weighted by atomic mass is 35.5. The van der Waals surface area contributed by atoms with E-state index in [1.165, 1.54) is 28.4 Å². The molecule has 1 aromatic heterocycles. The van der Waals surface area contributed by atoms with E-state index in [1.54, 1.807) is 30.3 Å². The summed E-state index contributed by atoms with van der Waals surface area (Å²) in [6, 6.07) is 11.3. The van der Waals surface area contributed by atoms with Gasteiger partial charge < -0.3 is 0 Å². The van der Waals surface area contributed by atoms with Gasteiger partial charge in [-0.3, -0.25) is 24.6 Å². The van der Waals surface area contributed by atoms with Crippen LogP contribution in [0.25, 0.3) is 0 Å². The van der Waals surface area contributed by atoms with Crippen LogP contribution in [0.5, 0.6) is 0 Å². The summed E-state index contributed by atoms with van der Waals surface area (Å²) < 4.78 is 0. The molecule has 0 bridgehead atoms. The molecule has 0 atom stereocenters. The van der Waals surface area contributed by atoms with Crippen LogP contribution in [0.4, 0.5) is 5.13 Å². The monoisotopic (exact) mass is 446 g/mol. The number of rotatable bonds is 5. The highest BCUT2D eigenvalue weighted by Gasteiger charge is 2.34. The number of nitrogens with one attached hydrogen (secondary N) is 1. The molecule has 0 fully saturated rings. The molecule has 3 aromatic rings. The van der Waals surface area contributed by atoms with Crippen LogP contribution in [0.3, 0.4) is 0 Å². The van der Waals surface area contributed by atoms with Gasteiger partial charge in [0, 0.05) is 18.5 Å². The van der Waals surface area contributed by atoms with Crippen molar-refractivity contribution in [3.8, 4) is 0 Å². The minimum absolute atomic E-state index is 0.182. The molecule has 1 N–H and O–H groups in total. The third-order valence-electron chi connectivity index (χ3n) is 4.30. The van der Waals surface area contributed by atoms with E-state index in [-0.39, 0.29) is 23.4 Å². The third kappa shape index (κ3) is 3.87. The number of hydrogen-bond donors (Lipinski definition) is 1. The summed E-state index contributed by atoms with van der Waals surface area (Å²) in [6.45, 7) is 0.182. The van der Waals surface area contributed by atoms with Gasteiger partial charge in [0.15, 0.2) is 0 Å². The minimum Gasteiger partial charge on any atom is -0.296 e. The van der Waals surface area contributed by atoms with E-state index >= 15 is 0 Å². The molecule has 1 aliphatic rings. The van der Waals surface area contributed by atoms with Crippen molar-refractivity contribution in [2.45, 2.75) is 6.42 Å². The number of imide groups is 1. The number of hydrogen-bond acceptors (Lipinski definition) is 6. The number of amides is 3. The maximum atomic E-state index is 12.4. The Kier molecular flexibility index (Phi) is 5.31. The van der Waals surface area contributed by atoms with Gasteiger partial charge in [0.2, 0.25) is 5.13 Å². The topological polar surface area (TPSA) is 92.3 Å². The van der Waals surface area contributed by atoms with Gasteiger partial charge in [-0.2, -0.15) is 0 Å². The average Bonchev–Trinajstić information content (AvgIpc) is 3.25. The number of benzene rings is 2. The van der Waals surface area contributed by atoms with Crippen molar-refractivity contribution in [1.82, 2.24) is 15.1 Å². The Morgan fingerprint density at radius 1 is 1.00 bits per heavy atom. The zero-order valence-corrected chi connectivity index (χ0v) is 17.0. The van der Waals surface area contributed by atoms with Crippen LogP contribution < -0.4 is 5.32 Å². The zero-order valence-electron chi connectivity index (χ0n) is 14.7. The van der Waals surface area contributed by atoms with E-state index in [9.17, 15) is 14.4 Å². The van der Waals surface area contributed by atoms with Gasteiger partial charge in [0.25, 0.3) is 17.7 Å². The summed E-state index contributed by atoms with van der Waals surface area (Å²) in [4.78, 5) is 38.3. The van der Waals surface area contributed by atoms with Crippen molar-refractivity contribution in [2.75, 3.05) is 11.9 Å². The summed E-state index contributed by atoms with van der Waals surface area (Å²) >= 11 is 13.0. The Balaban J connectivity index is 1.39. The molecule has 1 aliphatic heterocycles. The lowest BCUT2D eigenvalue weighted by Gasteiger charge is -2.12. The molecule has 0 radical (unpaired) electrons. The average molecular weight is 447 g/mol. The fourth-order valence-electron chi connectivity index (χ4n) is 2.86. The lowest BCUT2D eigenvalue weighted by atomic mass is 10.1. The van der Waals surface area contributed by atoms with Gasteiger partial charge in [-0.25, -0.2) is 0 Å². The number of fused-ring (bicyclic) bond motifs is 1. The SMILES string of the molecule is O=C(Nc1nnc(CCN2C(=O)c3ccccc3C2=O)s1)c1ccc(Cl)c(Cl)c1. The molecule has 29 heavy (non-hydrogen) atoms. The number of anilines is 1. The molecular weight excluding hydrogens is 435 g/mol. The molecule has 0 spiro atoms. The highest BCUT2D eigenvalue weighted by Crippen LogP contribution is 2.25. The van der Waals surface area contributed by atoms with Crippen LogP contribution in [0.15, 0.2) is 42.5 Å². The molecule has 2 aromatic carbocycles. The van der Waals surface area contributed by atoms with Gasteiger partial charge in [0.1, 0.15) is 5.01 Å². The van der Waals surface area contributed by atoms with Gasteiger partial charge in [0.05, 0.1) is 21.2 Å². The van der Waals surface area contributed by atoms with Crippen LogP contribution in [0.2, 0.25) is 10.0 Å². The minimum atomic E-state index is -0.397. The van der Waals surface area contributed by atoms with Gasteiger partial charge in [-0.15, -0.1) is 10.2 Å². The van der Waals surface area contributed by atoms with Crippen molar-refractivity contribution < 1.29 is 14.4 Å². The Labute approximate surface area is 179 Å². The molecule has 7 nitrogen and oxygen atoms in total. The Morgan fingerprint density at radius 2 is 1.69 bits per heavy atom. The molecule has 146 valence electrons. The van der Waals surface area contributed by atoms with Crippen molar-refractivity contribution in [2.24, 2.45) is 0 Å². The fourth-order valence-corrected chi connectivity index (χ4v) is 3.88. The number of carbonyl (C=O) groups is 3. The molecule has 0 unspecified atom stereocenters. The van der Waals surface area contributed by atoms with E-state index in [0.29, 0.717) is 38.3 Å². The van der Waals surface area contributed by atoms with E-state index < -0.39 is 5.91 Å². The zero-order chi connectivity index (χ0) is 20.5. The van der Waals surface area contributed by atoms with Crippen molar-refractivity contribution in [3.05, 3.63) is 74.2 Å². The number of halogens is 2. The third-order valence-corrected chi connectivity index (χ3v) is 5.93. The largest absolute Gasteiger partial charge is 0.296 e. The predicted molar refractivity (Wildman–Crippen MR) is 110 cm³/mol. The lowest BCUT2D eigenvalue weighted by molar-refractivity contribution is 0.0655. The predicted octanol–water partition coefficient (Wildman–Crippen LogP) is 3.94. The fraction of sp³-hybridized carbons (Fsp3) is 0.105. The Hall–Kier alpha value is -2.81. The Bertz CT molecular complexity index is 1110. The molecule has 2 heterocycles. The molecule has 4 rings (SSSR count). The number of aromatic nitrogens is 2. The quantitative estimate of drug-likeness (QED) is 0.599. The highest BCUT2D eigenvalue weighted by molar-refractivity contribution is 7.15. The van der Waals surface area contributed by atoms with E-state index in [0.717, 1.165) is 0 Å². The van der Waals surface area contributed by atoms with Gasteiger partial charge in [-0.1, -0.05) is 46.7 Å². The molecule has 10 heteroatoms. The molecule has 3 amide bonds. The summed E-state index contributed by atoms with van der Waals surface area (Å²) in [6.07, 6.45) is 0.339. The first-order valence-corrected chi connectivity index (χ1v) is 10.1. The first kappa shape index (κ1) is 19.5. The van der Waals surface area contributed by atoms with E-state index in [2.05, 4.69) is 15.5 Å². The number of nitrogens with zero attached hydrogens (tertiary/aromatic N) is 3. The standard InChI is InChI=1S/C19H12Cl2N4O3S/c20-13-6-5-10(9-14(13)21)16(26)22-19-24-23-15(29-19)7-8-25-17(27)11-3-1-2-4-12(11)18(25)28/h1-6,9H,7-8H2,(H,22,24,26). The van der Waals surface area contributed by atoms with Gasteiger partial charge >= 0.3 is 0 Å². The summed E-state index contributed by atoms with van der Waals surface area (Å²) in [5.41, 5.74) is 1.15. The molecule has 0 aliphatic carbocycles. The number of carbonyl (C=O) groups excluding carboxylic acids is 3. The van der Waals surface area contributed by atoms with Crippen LogP contribution in [-0.2, 0) is 6.42 Å². The Morgan fingerprint density at radius 3 is 2.34 bits per heavy atom. The smallest absolute Gasteiger partial charge is 0.261 e. The van der Waals surface area contributed by atoms with E-state index in [1.807, 2.05) is 0 Å². The summed E-state index contributed by atoms with van der Waals surface area (Å²) in [5.74, 6) is -1.03. The summed E-state index contributed by atoms with van der Waals surface area (Å²) in [5, 5.41) is 12.1.